The van der Waals surface area contributed by atoms with Crippen molar-refractivity contribution in [3.63, 3.8) is 0 Å². The highest BCUT2D eigenvalue weighted by Crippen LogP contribution is 2.17. The molecule has 0 amide bonds. The zero-order chi connectivity index (χ0) is 13.1. The summed E-state index contributed by atoms with van der Waals surface area (Å²) in [5, 5.41) is 10.8. The van der Waals surface area contributed by atoms with E-state index in [1.165, 1.54) is 22.9 Å². The van der Waals surface area contributed by atoms with Crippen molar-refractivity contribution in [2.24, 2.45) is 0 Å². The number of H-pyrrole nitrogens is 1. The highest BCUT2D eigenvalue weighted by atomic mass is 16.6. The number of aromatic amines is 1. The quantitative estimate of drug-likeness (QED) is 0.630. The first kappa shape index (κ1) is 11.8. The van der Waals surface area contributed by atoms with Gasteiger partial charge in [-0.1, -0.05) is 18.2 Å². The molecule has 1 heterocycles. The van der Waals surface area contributed by atoms with Gasteiger partial charge in [0.25, 0.3) is 11.2 Å². The van der Waals surface area contributed by atoms with Crippen LogP contribution >= 0.6 is 0 Å². The molecule has 0 spiro atoms. The normalized spacial score (nSPS) is 10.2. The van der Waals surface area contributed by atoms with Gasteiger partial charge in [-0.15, -0.1) is 0 Å². The lowest BCUT2D eigenvalue weighted by molar-refractivity contribution is -0.385. The van der Waals surface area contributed by atoms with Gasteiger partial charge >= 0.3 is 5.69 Å². The molecule has 7 heteroatoms. The molecule has 0 saturated carbocycles. The first-order valence-electron chi connectivity index (χ1n) is 5.10. The van der Waals surface area contributed by atoms with Gasteiger partial charge in [-0.3, -0.25) is 24.5 Å². The van der Waals surface area contributed by atoms with Gasteiger partial charge < -0.3 is 0 Å². The van der Waals surface area contributed by atoms with Gasteiger partial charge in [0.15, 0.2) is 0 Å². The second-order valence-electron chi connectivity index (χ2n) is 3.62. The van der Waals surface area contributed by atoms with Crippen LogP contribution in [0, 0.1) is 10.1 Å². The van der Waals surface area contributed by atoms with Crippen LogP contribution in [0.15, 0.2) is 46.1 Å². The minimum Gasteiger partial charge on any atom is -0.296 e. The van der Waals surface area contributed by atoms with Crippen molar-refractivity contribution in [3.05, 3.63) is 73.0 Å². The predicted octanol–water partition coefficient (Wildman–Crippen LogP) is 0.493. The molecule has 0 bridgehead atoms. The lowest BCUT2D eigenvalue weighted by atomic mass is 10.2. The summed E-state index contributed by atoms with van der Waals surface area (Å²) >= 11 is 0. The van der Waals surface area contributed by atoms with Gasteiger partial charge in [-0.05, 0) is 0 Å². The average molecular weight is 247 g/mol. The number of rotatable bonds is 3. The van der Waals surface area contributed by atoms with E-state index in [9.17, 15) is 19.7 Å². The van der Waals surface area contributed by atoms with E-state index in [4.69, 9.17) is 0 Å². The molecule has 7 nitrogen and oxygen atoms in total. The third-order valence-corrected chi connectivity index (χ3v) is 2.43. The van der Waals surface area contributed by atoms with Crippen LogP contribution in [0.4, 0.5) is 5.69 Å². The third kappa shape index (κ3) is 2.34. The molecule has 2 aromatic rings. The Bertz CT molecular complexity index is 702. The van der Waals surface area contributed by atoms with Crippen LogP contribution in [0.3, 0.4) is 0 Å². The minimum atomic E-state index is -0.597. The van der Waals surface area contributed by atoms with Crippen LogP contribution in [0.2, 0.25) is 0 Å². The Morgan fingerprint density at radius 1 is 1.22 bits per heavy atom. The lowest BCUT2D eigenvalue weighted by Gasteiger charge is -2.05. The monoisotopic (exact) mass is 247 g/mol. The molecular weight excluding hydrogens is 238 g/mol. The van der Waals surface area contributed by atoms with Crippen LogP contribution < -0.4 is 11.2 Å². The highest BCUT2D eigenvalue weighted by molar-refractivity contribution is 5.39. The molecule has 18 heavy (non-hydrogen) atoms. The smallest absolute Gasteiger partial charge is 0.296 e. The Labute approximate surface area is 100 Å². The molecule has 0 aliphatic heterocycles. The minimum absolute atomic E-state index is 0.0345. The Morgan fingerprint density at radius 3 is 2.61 bits per heavy atom. The van der Waals surface area contributed by atoms with Gasteiger partial charge in [0, 0.05) is 23.9 Å². The fourth-order valence-corrected chi connectivity index (χ4v) is 1.57. The number of nitrogens with zero attached hydrogens (tertiary/aromatic N) is 2. The average Bonchev–Trinajstić information content (AvgIpc) is 2.33. The van der Waals surface area contributed by atoms with Crippen molar-refractivity contribution in [2.75, 3.05) is 0 Å². The summed E-state index contributed by atoms with van der Waals surface area (Å²) < 4.78 is 1.20. The Hall–Kier alpha value is -2.70. The third-order valence-electron chi connectivity index (χ3n) is 2.43. The van der Waals surface area contributed by atoms with Gasteiger partial charge in [0.2, 0.25) is 0 Å². The second kappa shape index (κ2) is 4.66. The first-order chi connectivity index (χ1) is 8.58. The van der Waals surface area contributed by atoms with E-state index < -0.39 is 16.2 Å². The van der Waals surface area contributed by atoms with Crippen molar-refractivity contribution >= 4 is 5.69 Å². The van der Waals surface area contributed by atoms with Gasteiger partial charge in [-0.2, -0.15) is 0 Å². The standard InChI is InChI=1S/C11H9N3O4/c15-10-5-6-13(11(16)12-10)7-8-3-1-2-4-9(8)14(17)18/h1-6H,7H2,(H,12,15,16). The Kier molecular flexibility index (Phi) is 3.05. The Morgan fingerprint density at radius 2 is 1.94 bits per heavy atom. The molecule has 1 N–H and O–H groups in total. The van der Waals surface area contributed by atoms with E-state index in [2.05, 4.69) is 4.98 Å². The van der Waals surface area contributed by atoms with Crippen LogP contribution in [-0.2, 0) is 6.54 Å². The van der Waals surface area contributed by atoms with Crippen LogP contribution in [-0.4, -0.2) is 14.5 Å². The maximum Gasteiger partial charge on any atom is 0.328 e. The SMILES string of the molecule is O=c1ccn(Cc2ccccc2[N+](=O)[O-])c(=O)[nH]1. The number of hydrogen-bond acceptors (Lipinski definition) is 4. The van der Waals surface area contributed by atoms with Gasteiger partial charge in [0.05, 0.1) is 11.5 Å². The molecule has 0 aliphatic rings. The number of nitro benzene ring substituents is 1. The summed E-state index contributed by atoms with van der Waals surface area (Å²) in [7, 11) is 0. The Balaban J connectivity index is 2.43. The van der Waals surface area contributed by atoms with Crippen LogP contribution in [0.1, 0.15) is 5.56 Å². The van der Waals surface area contributed by atoms with Crippen molar-refractivity contribution < 1.29 is 4.92 Å². The van der Waals surface area contributed by atoms with Gasteiger partial charge in [-0.25, -0.2) is 4.79 Å². The molecule has 0 aliphatic carbocycles. The number of para-hydroxylation sites is 1. The summed E-state index contributed by atoms with van der Waals surface area (Å²) in [4.78, 5) is 34.7. The maximum absolute atomic E-state index is 11.5. The number of aromatic nitrogens is 2. The van der Waals surface area contributed by atoms with E-state index in [0.717, 1.165) is 0 Å². The van der Waals surface area contributed by atoms with Gasteiger partial charge in [0.1, 0.15) is 0 Å². The molecule has 0 saturated heterocycles. The van der Waals surface area contributed by atoms with Crippen LogP contribution in [0.25, 0.3) is 0 Å². The van der Waals surface area contributed by atoms with Crippen LogP contribution in [0.5, 0.6) is 0 Å². The fraction of sp³-hybridized carbons (Fsp3) is 0.0909. The molecule has 0 atom stereocenters. The van der Waals surface area contributed by atoms with Crippen molar-refractivity contribution in [1.82, 2.24) is 9.55 Å². The number of benzene rings is 1. The topological polar surface area (TPSA) is 98.0 Å². The molecule has 0 unspecified atom stereocenters. The molecule has 0 radical (unpaired) electrons. The van der Waals surface area contributed by atoms with E-state index in [-0.39, 0.29) is 12.2 Å². The molecule has 92 valence electrons. The maximum atomic E-state index is 11.5. The van der Waals surface area contributed by atoms with E-state index >= 15 is 0 Å². The molecule has 1 aromatic heterocycles. The lowest BCUT2D eigenvalue weighted by Crippen LogP contribution is -2.29. The number of hydrogen-bond donors (Lipinski definition) is 1. The number of nitro groups is 1. The highest BCUT2D eigenvalue weighted by Gasteiger charge is 2.12. The summed E-state index contributed by atoms with van der Waals surface area (Å²) in [6.07, 6.45) is 1.30. The molecule has 1 aromatic carbocycles. The van der Waals surface area contributed by atoms with E-state index in [1.54, 1.807) is 18.2 Å². The fourth-order valence-electron chi connectivity index (χ4n) is 1.57. The second-order valence-corrected chi connectivity index (χ2v) is 3.62. The summed E-state index contributed by atoms with van der Waals surface area (Å²) in [6.45, 7) is 0.0345. The molecular formula is C11H9N3O4. The summed E-state index contributed by atoms with van der Waals surface area (Å²) in [5.74, 6) is 0. The van der Waals surface area contributed by atoms with Crippen molar-refractivity contribution in [2.45, 2.75) is 6.54 Å². The summed E-state index contributed by atoms with van der Waals surface area (Å²) in [5.41, 5.74) is -0.758. The van der Waals surface area contributed by atoms with E-state index in [1.807, 2.05) is 0 Å². The zero-order valence-electron chi connectivity index (χ0n) is 9.20. The number of nitrogens with one attached hydrogen (secondary N) is 1. The molecule has 0 fully saturated rings. The molecule has 2 rings (SSSR count). The van der Waals surface area contributed by atoms with E-state index in [0.29, 0.717) is 5.56 Å². The largest absolute Gasteiger partial charge is 0.328 e. The van der Waals surface area contributed by atoms with Crippen molar-refractivity contribution in [3.8, 4) is 0 Å². The van der Waals surface area contributed by atoms with Crippen molar-refractivity contribution in [1.29, 1.82) is 0 Å². The predicted molar refractivity (Wildman–Crippen MR) is 63.5 cm³/mol. The first-order valence-corrected chi connectivity index (χ1v) is 5.10. The summed E-state index contributed by atoms with van der Waals surface area (Å²) in [6, 6.07) is 7.33. The zero-order valence-corrected chi connectivity index (χ0v) is 9.20.